The van der Waals surface area contributed by atoms with Gasteiger partial charge in [-0.2, -0.15) is 0 Å². The smallest absolute Gasteiger partial charge is 0.142 e. The predicted molar refractivity (Wildman–Crippen MR) is 75.8 cm³/mol. The van der Waals surface area contributed by atoms with Gasteiger partial charge >= 0.3 is 0 Å². The standard InChI is InChI=1S/C14H21N3O2/c15-12-1-2-14-13(11-12)17(7-10-19-14)4-3-16-5-8-18-9-6-16/h1-2,11H,3-10,15H2. The van der Waals surface area contributed by atoms with E-state index in [1.54, 1.807) is 0 Å². The van der Waals surface area contributed by atoms with Crippen molar-refractivity contribution in [1.29, 1.82) is 0 Å². The number of fused-ring (bicyclic) bond motifs is 1. The van der Waals surface area contributed by atoms with Gasteiger partial charge < -0.3 is 20.1 Å². The molecular weight excluding hydrogens is 242 g/mol. The Morgan fingerprint density at radius 1 is 1.05 bits per heavy atom. The third-order valence-corrected chi connectivity index (χ3v) is 3.73. The summed E-state index contributed by atoms with van der Waals surface area (Å²) < 4.78 is 11.0. The van der Waals surface area contributed by atoms with Crippen LogP contribution in [-0.4, -0.2) is 57.4 Å². The van der Waals surface area contributed by atoms with E-state index >= 15 is 0 Å². The van der Waals surface area contributed by atoms with Crippen LogP contribution in [0.1, 0.15) is 0 Å². The average molecular weight is 263 g/mol. The van der Waals surface area contributed by atoms with Crippen LogP contribution in [0.2, 0.25) is 0 Å². The number of ether oxygens (including phenoxy) is 2. The molecule has 0 aromatic heterocycles. The van der Waals surface area contributed by atoms with Gasteiger partial charge in [0.1, 0.15) is 12.4 Å². The van der Waals surface area contributed by atoms with Gasteiger partial charge in [-0.25, -0.2) is 0 Å². The second-order valence-electron chi connectivity index (χ2n) is 5.02. The molecule has 3 rings (SSSR count). The fourth-order valence-electron chi connectivity index (χ4n) is 2.61. The third-order valence-electron chi connectivity index (χ3n) is 3.73. The maximum atomic E-state index is 5.87. The first-order valence-electron chi connectivity index (χ1n) is 6.90. The molecule has 104 valence electrons. The number of nitrogen functional groups attached to an aromatic ring is 1. The van der Waals surface area contributed by atoms with Crippen LogP contribution < -0.4 is 15.4 Å². The van der Waals surface area contributed by atoms with E-state index in [0.29, 0.717) is 0 Å². The van der Waals surface area contributed by atoms with Crippen LogP contribution >= 0.6 is 0 Å². The quantitative estimate of drug-likeness (QED) is 0.818. The fraction of sp³-hybridized carbons (Fsp3) is 0.571. The molecule has 0 radical (unpaired) electrons. The van der Waals surface area contributed by atoms with E-state index in [1.807, 2.05) is 18.2 Å². The molecule has 0 bridgehead atoms. The van der Waals surface area contributed by atoms with Crippen LogP contribution in [0.5, 0.6) is 5.75 Å². The molecular formula is C14H21N3O2. The van der Waals surface area contributed by atoms with Gasteiger partial charge in [0.05, 0.1) is 25.4 Å². The van der Waals surface area contributed by atoms with Gasteiger partial charge in [-0.15, -0.1) is 0 Å². The second-order valence-corrected chi connectivity index (χ2v) is 5.02. The highest BCUT2D eigenvalue weighted by atomic mass is 16.5. The molecule has 0 atom stereocenters. The minimum atomic E-state index is 0.750. The average Bonchev–Trinajstić information content (AvgIpc) is 2.46. The minimum Gasteiger partial charge on any atom is -0.490 e. The van der Waals surface area contributed by atoms with Crippen molar-refractivity contribution in [2.24, 2.45) is 0 Å². The van der Waals surface area contributed by atoms with Crippen molar-refractivity contribution in [2.75, 3.05) is 63.2 Å². The molecule has 2 aliphatic heterocycles. The van der Waals surface area contributed by atoms with E-state index in [-0.39, 0.29) is 0 Å². The molecule has 1 aromatic rings. The van der Waals surface area contributed by atoms with Crippen molar-refractivity contribution in [2.45, 2.75) is 0 Å². The van der Waals surface area contributed by atoms with E-state index in [2.05, 4.69) is 9.80 Å². The predicted octanol–water partition coefficient (Wildman–Crippen LogP) is 0.800. The topological polar surface area (TPSA) is 51.0 Å². The lowest BCUT2D eigenvalue weighted by Crippen LogP contribution is -2.43. The van der Waals surface area contributed by atoms with Gasteiger partial charge in [-0.1, -0.05) is 0 Å². The van der Waals surface area contributed by atoms with Crippen molar-refractivity contribution in [3.8, 4) is 5.75 Å². The minimum absolute atomic E-state index is 0.750. The molecule has 0 spiro atoms. The number of nitrogens with two attached hydrogens (primary N) is 1. The second kappa shape index (κ2) is 5.67. The molecule has 1 saturated heterocycles. The molecule has 0 saturated carbocycles. The van der Waals surface area contributed by atoms with E-state index in [0.717, 1.165) is 69.7 Å². The SMILES string of the molecule is Nc1ccc2c(c1)N(CCN1CCOCC1)CCO2. The van der Waals surface area contributed by atoms with Gasteiger partial charge in [0.15, 0.2) is 0 Å². The number of hydrogen-bond donors (Lipinski definition) is 1. The summed E-state index contributed by atoms with van der Waals surface area (Å²) in [6, 6.07) is 5.86. The summed E-state index contributed by atoms with van der Waals surface area (Å²) in [5, 5.41) is 0. The van der Waals surface area contributed by atoms with Gasteiger partial charge in [0, 0.05) is 31.9 Å². The van der Waals surface area contributed by atoms with E-state index in [1.165, 1.54) is 0 Å². The number of morpholine rings is 1. The summed E-state index contributed by atoms with van der Waals surface area (Å²) >= 11 is 0. The molecule has 19 heavy (non-hydrogen) atoms. The Kier molecular flexibility index (Phi) is 3.75. The summed E-state index contributed by atoms with van der Waals surface area (Å²) in [5.41, 5.74) is 7.79. The highest BCUT2D eigenvalue weighted by molar-refractivity contribution is 5.66. The highest BCUT2D eigenvalue weighted by Gasteiger charge is 2.19. The van der Waals surface area contributed by atoms with Crippen molar-refractivity contribution in [1.82, 2.24) is 4.90 Å². The van der Waals surface area contributed by atoms with Crippen LogP contribution in [0.15, 0.2) is 18.2 Å². The Bertz CT molecular complexity index is 433. The first-order valence-corrected chi connectivity index (χ1v) is 6.90. The Morgan fingerprint density at radius 3 is 2.74 bits per heavy atom. The molecule has 5 heteroatoms. The molecule has 1 aromatic carbocycles. The molecule has 2 N–H and O–H groups in total. The largest absolute Gasteiger partial charge is 0.490 e. The fourth-order valence-corrected chi connectivity index (χ4v) is 2.61. The zero-order valence-corrected chi connectivity index (χ0v) is 11.2. The number of hydrogen-bond acceptors (Lipinski definition) is 5. The van der Waals surface area contributed by atoms with Crippen LogP contribution in [0.4, 0.5) is 11.4 Å². The molecule has 0 unspecified atom stereocenters. The van der Waals surface area contributed by atoms with Gasteiger partial charge in [-0.05, 0) is 18.2 Å². The van der Waals surface area contributed by atoms with Crippen LogP contribution in [0, 0.1) is 0 Å². The maximum Gasteiger partial charge on any atom is 0.142 e. The highest BCUT2D eigenvalue weighted by Crippen LogP contribution is 2.33. The van der Waals surface area contributed by atoms with Crippen molar-refractivity contribution < 1.29 is 9.47 Å². The van der Waals surface area contributed by atoms with Crippen LogP contribution in [0.25, 0.3) is 0 Å². The number of rotatable bonds is 3. The first kappa shape index (κ1) is 12.6. The molecule has 1 fully saturated rings. The molecule has 2 aliphatic rings. The Hall–Kier alpha value is -1.46. The Balaban J connectivity index is 1.64. The van der Waals surface area contributed by atoms with Crippen LogP contribution in [0.3, 0.4) is 0 Å². The van der Waals surface area contributed by atoms with Crippen molar-refractivity contribution in [3.05, 3.63) is 18.2 Å². The van der Waals surface area contributed by atoms with E-state index in [4.69, 9.17) is 15.2 Å². The van der Waals surface area contributed by atoms with Crippen molar-refractivity contribution >= 4 is 11.4 Å². The third kappa shape index (κ3) is 2.93. The molecule has 2 heterocycles. The lowest BCUT2D eigenvalue weighted by atomic mass is 10.2. The van der Waals surface area contributed by atoms with Gasteiger partial charge in [0.25, 0.3) is 0 Å². The molecule has 0 aliphatic carbocycles. The van der Waals surface area contributed by atoms with Crippen LogP contribution in [-0.2, 0) is 4.74 Å². The zero-order chi connectivity index (χ0) is 13.1. The molecule has 0 amide bonds. The van der Waals surface area contributed by atoms with Crippen molar-refractivity contribution in [3.63, 3.8) is 0 Å². The summed E-state index contributed by atoms with van der Waals surface area (Å²) in [6.07, 6.45) is 0. The Morgan fingerprint density at radius 2 is 1.89 bits per heavy atom. The normalized spacial score (nSPS) is 19.9. The summed E-state index contributed by atoms with van der Waals surface area (Å²) in [4.78, 5) is 4.82. The number of benzene rings is 1. The number of anilines is 2. The number of nitrogens with zero attached hydrogens (tertiary/aromatic N) is 2. The Labute approximate surface area is 113 Å². The summed E-state index contributed by atoms with van der Waals surface area (Å²) in [7, 11) is 0. The van der Waals surface area contributed by atoms with E-state index in [9.17, 15) is 0 Å². The molecule has 5 nitrogen and oxygen atoms in total. The summed E-state index contributed by atoms with van der Waals surface area (Å²) in [5.74, 6) is 0.947. The van der Waals surface area contributed by atoms with E-state index < -0.39 is 0 Å². The first-order chi connectivity index (χ1) is 9.33. The maximum absolute atomic E-state index is 5.87. The monoisotopic (exact) mass is 263 g/mol. The van der Waals surface area contributed by atoms with Gasteiger partial charge in [-0.3, -0.25) is 4.90 Å². The zero-order valence-electron chi connectivity index (χ0n) is 11.2. The lowest BCUT2D eigenvalue weighted by Gasteiger charge is -2.34. The summed E-state index contributed by atoms with van der Waals surface area (Å²) in [6.45, 7) is 7.54. The lowest BCUT2D eigenvalue weighted by molar-refractivity contribution is 0.0390. The van der Waals surface area contributed by atoms with Gasteiger partial charge in [0.2, 0.25) is 0 Å².